The van der Waals surface area contributed by atoms with Crippen LogP contribution in [-0.4, -0.2) is 16.1 Å². The molecule has 0 radical (unpaired) electrons. The third kappa shape index (κ3) is 4.18. The molecule has 0 bridgehead atoms. The molecule has 0 aliphatic heterocycles. The van der Waals surface area contributed by atoms with Gasteiger partial charge >= 0.3 is 0 Å². The molecule has 1 aromatic heterocycles. The number of amides is 1. The molecule has 4 heteroatoms. The number of hydrogen-bond donors (Lipinski definition) is 2. The van der Waals surface area contributed by atoms with Crippen molar-refractivity contribution in [2.45, 2.75) is 46.6 Å². The van der Waals surface area contributed by atoms with E-state index in [1.165, 1.54) is 11.1 Å². The largest absolute Gasteiger partial charge is 0.352 e. The second-order valence-electron chi connectivity index (χ2n) is 5.36. The summed E-state index contributed by atoms with van der Waals surface area (Å²) in [6.07, 6.45) is 2.34. The molecule has 1 amide bonds. The van der Waals surface area contributed by atoms with Gasteiger partial charge in [0, 0.05) is 24.2 Å². The lowest BCUT2D eigenvalue weighted by Crippen LogP contribution is -2.23. The molecule has 0 unspecified atom stereocenters. The molecule has 112 valence electrons. The van der Waals surface area contributed by atoms with Crippen LogP contribution in [0.15, 0.2) is 24.3 Å². The Kier molecular flexibility index (Phi) is 5.14. The summed E-state index contributed by atoms with van der Waals surface area (Å²) in [7, 11) is 0. The number of nitrogens with one attached hydrogen (secondary N) is 2. The predicted molar refractivity (Wildman–Crippen MR) is 84.0 cm³/mol. The van der Waals surface area contributed by atoms with Crippen molar-refractivity contribution in [2.75, 3.05) is 0 Å². The monoisotopic (exact) mass is 285 g/mol. The van der Waals surface area contributed by atoms with Gasteiger partial charge in [0.2, 0.25) is 5.91 Å². The summed E-state index contributed by atoms with van der Waals surface area (Å²) in [5, 5.41) is 10.0. The van der Waals surface area contributed by atoms with Crippen molar-refractivity contribution in [3.8, 4) is 0 Å². The standard InChI is InChI=1S/C17H23N3O/c1-4-14-5-7-15(8-6-14)9-10-17(21)18-11-16-12(2)19-20-13(16)3/h5-8H,4,9-11H2,1-3H3,(H,18,21)(H,19,20). The number of rotatable bonds is 6. The van der Waals surface area contributed by atoms with Crippen molar-refractivity contribution in [1.82, 2.24) is 15.5 Å². The summed E-state index contributed by atoms with van der Waals surface area (Å²) in [6, 6.07) is 8.48. The second kappa shape index (κ2) is 7.07. The molecule has 2 aromatic rings. The average Bonchev–Trinajstić information content (AvgIpc) is 2.82. The minimum Gasteiger partial charge on any atom is -0.352 e. The molecule has 1 aromatic carbocycles. The van der Waals surface area contributed by atoms with Gasteiger partial charge in [-0.3, -0.25) is 9.89 Å². The van der Waals surface area contributed by atoms with Crippen molar-refractivity contribution >= 4 is 5.91 Å². The van der Waals surface area contributed by atoms with Gasteiger partial charge in [-0.15, -0.1) is 0 Å². The summed E-state index contributed by atoms with van der Waals surface area (Å²) in [5.41, 5.74) is 5.58. The zero-order valence-corrected chi connectivity index (χ0v) is 13.0. The maximum atomic E-state index is 11.9. The fraction of sp³-hybridized carbons (Fsp3) is 0.412. The van der Waals surface area contributed by atoms with Gasteiger partial charge in [-0.25, -0.2) is 0 Å². The number of nitrogens with zero attached hydrogens (tertiary/aromatic N) is 1. The van der Waals surface area contributed by atoms with E-state index in [1.54, 1.807) is 0 Å². The van der Waals surface area contributed by atoms with Crippen LogP contribution < -0.4 is 5.32 Å². The van der Waals surface area contributed by atoms with Crippen molar-refractivity contribution in [3.05, 3.63) is 52.3 Å². The number of carbonyl (C=O) groups is 1. The van der Waals surface area contributed by atoms with E-state index in [0.29, 0.717) is 13.0 Å². The molecule has 0 saturated heterocycles. The lowest BCUT2D eigenvalue weighted by Gasteiger charge is -2.06. The highest BCUT2D eigenvalue weighted by Gasteiger charge is 2.08. The third-order valence-corrected chi connectivity index (χ3v) is 3.82. The van der Waals surface area contributed by atoms with Crippen LogP contribution in [0.1, 0.15) is 41.4 Å². The van der Waals surface area contributed by atoms with Gasteiger partial charge in [-0.2, -0.15) is 5.10 Å². The molecule has 0 atom stereocenters. The fourth-order valence-electron chi connectivity index (χ4n) is 2.31. The minimum absolute atomic E-state index is 0.0783. The Bertz CT molecular complexity index is 579. The molecule has 0 aliphatic carbocycles. The molecule has 21 heavy (non-hydrogen) atoms. The van der Waals surface area contributed by atoms with E-state index < -0.39 is 0 Å². The molecule has 4 nitrogen and oxygen atoms in total. The molecular formula is C17H23N3O. The average molecular weight is 285 g/mol. The van der Waals surface area contributed by atoms with Crippen LogP contribution in [0.5, 0.6) is 0 Å². The van der Waals surface area contributed by atoms with Crippen LogP contribution in [0.3, 0.4) is 0 Å². The third-order valence-electron chi connectivity index (χ3n) is 3.82. The molecule has 0 aliphatic rings. The Balaban J connectivity index is 1.79. The zero-order chi connectivity index (χ0) is 15.2. The summed E-state index contributed by atoms with van der Waals surface area (Å²) in [5.74, 6) is 0.0783. The number of H-pyrrole nitrogens is 1. The van der Waals surface area contributed by atoms with E-state index >= 15 is 0 Å². The number of carbonyl (C=O) groups excluding carboxylic acids is 1. The zero-order valence-electron chi connectivity index (χ0n) is 13.0. The van der Waals surface area contributed by atoms with Crippen molar-refractivity contribution in [3.63, 3.8) is 0 Å². The molecule has 0 spiro atoms. The SMILES string of the molecule is CCc1ccc(CCC(=O)NCc2c(C)n[nH]c2C)cc1. The Morgan fingerprint density at radius 1 is 1.19 bits per heavy atom. The smallest absolute Gasteiger partial charge is 0.220 e. The van der Waals surface area contributed by atoms with E-state index in [-0.39, 0.29) is 5.91 Å². The Morgan fingerprint density at radius 3 is 2.43 bits per heavy atom. The quantitative estimate of drug-likeness (QED) is 0.857. The van der Waals surface area contributed by atoms with E-state index in [1.807, 2.05) is 13.8 Å². The van der Waals surface area contributed by atoms with E-state index in [4.69, 9.17) is 0 Å². The summed E-state index contributed by atoms with van der Waals surface area (Å²) >= 11 is 0. The highest BCUT2D eigenvalue weighted by atomic mass is 16.1. The van der Waals surface area contributed by atoms with Crippen LogP contribution in [0.25, 0.3) is 0 Å². The van der Waals surface area contributed by atoms with E-state index in [2.05, 4.69) is 46.7 Å². The van der Waals surface area contributed by atoms with Crippen LogP contribution >= 0.6 is 0 Å². The lowest BCUT2D eigenvalue weighted by atomic mass is 10.1. The van der Waals surface area contributed by atoms with Crippen LogP contribution in [0.2, 0.25) is 0 Å². The van der Waals surface area contributed by atoms with Crippen molar-refractivity contribution < 1.29 is 4.79 Å². The van der Waals surface area contributed by atoms with Crippen LogP contribution in [0.4, 0.5) is 0 Å². The van der Waals surface area contributed by atoms with Gasteiger partial charge in [-0.1, -0.05) is 31.2 Å². The molecular weight excluding hydrogens is 262 g/mol. The van der Waals surface area contributed by atoms with Gasteiger partial charge in [0.05, 0.1) is 5.69 Å². The Labute approximate surface area is 126 Å². The number of hydrogen-bond acceptors (Lipinski definition) is 2. The molecule has 2 N–H and O–H groups in total. The van der Waals surface area contributed by atoms with Gasteiger partial charge in [0.15, 0.2) is 0 Å². The first-order chi connectivity index (χ1) is 10.1. The highest BCUT2D eigenvalue weighted by Crippen LogP contribution is 2.09. The highest BCUT2D eigenvalue weighted by molar-refractivity contribution is 5.76. The van der Waals surface area contributed by atoms with Gasteiger partial charge in [0.25, 0.3) is 0 Å². The maximum absolute atomic E-state index is 11.9. The van der Waals surface area contributed by atoms with Crippen molar-refractivity contribution in [2.24, 2.45) is 0 Å². The van der Waals surface area contributed by atoms with E-state index in [9.17, 15) is 4.79 Å². The first kappa shape index (κ1) is 15.3. The first-order valence-corrected chi connectivity index (χ1v) is 7.45. The first-order valence-electron chi connectivity index (χ1n) is 7.45. The van der Waals surface area contributed by atoms with Crippen LogP contribution in [-0.2, 0) is 24.2 Å². The fourth-order valence-corrected chi connectivity index (χ4v) is 2.31. The van der Waals surface area contributed by atoms with Gasteiger partial charge in [0.1, 0.15) is 0 Å². The normalized spacial score (nSPS) is 10.6. The maximum Gasteiger partial charge on any atom is 0.220 e. The summed E-state index contributed by atoms with van der Waals surface area (Å²) < 4.78 is 0. The summed E-state index contributed by atoms with van der Waals surface area (Å²) in [4.78, 5) is 11.9. The van der Waals surface area contributed by atoms with Gasteiger partial charge < -0.3 is 5.32 Å². The lowest BCUT2D eigenvalue weighted by molar-refractivity contribution is -0.121. The Morgan fingerprint density at radius 2 is 1.86 bits per heavy atom. The number of aryl methyl sites for hydroxylation is 4. The molecule has 2 rings (SSSR count). The van der Waals surface area contributed by atoms with E-state index in [0.717, 1.165) is 29.8 Å². The number of aromatic nitrogens is 2. The molecule has 0 fully saturated rings. The van der Waals surface area contributed by atoms with Gasteiger partial charge in [-0.05, 0) is 37.8 Å². The predicted octanol–water partition coefficient (Wildman–Crippen LogP) is 2.84. The minimum atomic E-state index is 0.0783. The molecule has 1 heterocycles. The van der Waals surface area contributed by atoms with Crippen molar-refractivity contribution in [1.29, 1.82) is 0 Å². The number of benzene rings is 1. The summed E-state index contributed by atoms with van der Waals surface area (Å²) in [6.45, 7) is 6.60. The van der Waals surface area contributed by atoms with Crippen LogP contribution in [0, 0.1) is 13.8 Å². The molecule has 0 saturated carbocycles. The second-order valence-corrected chi connectivity index (χ2v) is 5.36. The number of aromatic amines is 1. The Hall–Kier alpha value is -2.10. The topological polar surface area (TPSA) is 57.8 Å².